The molecule has 0 amide bonds. The van der Waals surface area contributed by atoms with E-state index in [-0.39, 0.29) is 0 Å². The van der Waals surface area contributed by atoms with Gasteiger partial charge in [0.25, 0.3) is 0 Å². The lowest BCUT2D eigenvalue weighted by molar-refractivity contribution is 0.402. The van der Waals surface area contributed by atoms with Crippen LogP contribution in [0, 0.1) is 0 Å². The Morgan fingerprint density at radius 3 is 3.08 bits per heavy atom. The van der Waals surface area contributed by atoms with E-state index in [0.717, 1.165) is 18.8 Å². The van der Waals surface area contributed by atoms with Crippen molar-refractivity contribution in [3.05, 3.63) is 29.3 Å². The lowest BCUT2D eigenvalue weighted by Gasteiger charge is -2.24. The van der Waals surface area contributed by atoms with Gasteiger partial charge in [0.05, 0.1) is 7.11 Å². The molecule has 0 saturated carbocycles. The third kappa shape index (κ3) is 1.42. The summed E-state index contributed by atoms with van der Waals surface area (Å²) in [6.07, 6.45) is 0. The average molecular weight is 177 g/mol. The highest BCUT2D eigenvalue weighted by Crippen LogP contribution is 2.30. The van der Waals surface area contributed by atoms with E-state index in [1.54, 1.807) is 7.11 Å². The maximum atomic E-state index is 5.32. The van der Waals surface area contributed by atoms with Gasteiger partial charge in [-0.15, -0.1) is 0 Å². The molecule has 1 aromatic carbocycles. The molecule has 2 heteroatoms. The summed E-state index contributed by atoms with van der Waals surface area (Å²) < 4.78 is 5.32. The Bertz CT molecular complexity index is 309. The van der Waals surface area contributed by atoms with Gasteiger partial charge < -0.3 is 10.1 Å². The Kier molecular flexibility index (Phi) is 2.23. The van der Waals surface area contributed by atoms with Crippen molar-refractivity contribution < 1.29 is 4.74 Å². The molecule has 0 saturated heterocycles. The number of hydrogen-bond donors (Lipinski definition) is 1. The van der Waals surface area contributed by atoms with Crippen molar-refractivity contribution in [2.45, 2.75) is 19.4 Å². The van der Waals surface area contributed by atoms with Gasteiger partial charge in [-0.25, -0.2) is 0 Å². The molecule has 1 aromatic rings. The van der Waals surface area contributed by atoms with Crippen LogP contribution in [0.1, 0.15) is 24.0 Å². The van der Waals surface area contributed by atoms with Crippen LogP contribution >= 0.6 is 0 Å². The minimum atomic E-state index is 0.596. The normalized spacial score (nSPS) is 20.9. The number of nitrogens with one attached hydrogen (secondary N) is 1. The molecule has 0 radical (unpaired) electrons. The van der Waals surface area contributed by atoms with E-state index >= 15 is 0 Å². The molecule has 1 unspecified atom stereocenters. The fraction of sp³-hybridized carbons (Fsp3) is 0.455. The Labute approximate surface area is 78.9 Å². The molecule has 0 bridgehead atoms. The molecule has 1 heterocycles. The van der Waals surface area contributed by atoms with Crippen LogP contribution in [-0.4, -0.2) is 13.7 Å². The highest BCUT2D eigenvalue weighted by atomic mass is 16.5. The van der Waals surface area contributed by atoms with E-state index in [2.05, 4.69) is 24.4 Å². The van der Waals surface area contributed by atoms with E-state index in [9.17, 15) is 0 Å². The van der Waals surface area contributed by atoms with Crippen molar-refractivity contribution in [3.8, 4) is 5.75 Å². The molecule has 0 aromatic heterocycles. The predicted octanol–water partition coefficient (Wildman–Crippen LogP) is 1.90. The van der Waals surface area contributed by atoms with Gasteiger partial charge in [-0.1, -0.05) is 19.1 Å². The zero-order valence-electron chi connectivity index (χ0n) is 8.13. The summed E-state index contributed by atoms with van der Waals surface area (Å²) >= 11 is 0. The largest absolute Gasteiger partial charge is 0.496 e. The van der Waals surface area contributed by atoms with Crippen LogP contribution in [-0.2, 0) is 6.54 Å². The Morgan fingerprint density at radius 1 is 1.46 bits per heavy atom. The third-order valence-corrected chi connectivity index (χ3v) is 2.67. The zero-order chi connectivity index (χ0) is 9.26. The van der Waals surface area contributed by atoms with Crippen LogP contribution in [0.4, 0.5) is 0 Å². The zero-order valence-corrected chi connectivity index (χ0v) is 8.13. The maximum Gasteiger partial charge on any atom is 0.123 e. The first-order valence-corrected chi connectivity index (χ1v) is 4.69. The standard InChI is InChI=1S/C11H15NO/c1-8-6-12-7-10-9(8)4-3-5-11(10)13-2/h3-5,8,12H,6-7H2,1-2H3. The molecule has 1 N–H and O–H groups in total. The van der Waals surface area contributed by atoms with E-state index in [0.29, 0.717) is 5.92 Å². The molecule has 1 aliphatic rings. The van der Waals surface area contributed by atoms with Crippen molar-refractivity contribution >= 4 is 0 Å². The molecular formula is C11H15NO. The summed E-state index contributed by atoms with van der Waals surface area (Å²) in [5.41, 5.74) is 2.75. The van der Waals surface area contributed by atoms with E-state index in [1.165, 1.54) is 11.1 Å². The van der Waals surface area contributed by atoms with Gasteiger partial charge in [-0.3, -0.25) is 0 Å². The SMILES string of the molecule is COc1cccc2c1CNCC2C. The summed E-state index contributed by atoms with van der Waals surface area (Å²) in [5, 5.41) is 3.39. The smallest absolute Gasteiger partial charge is 0.123 e. The van der Waals surface area contributed by atoms with E-state index < -0.39 is 0 Å². The summed E-state index contributed by atoms with van der Waals surface area (Å²) in [6.45, 7) is 4.24. The Morgan fingerprint density at radius 2 is 2.31 bits per heavy atom. The lowest BCUT2D eigenvalue weighted by Crippen LogP contribution is -2.26. The third-order valence-electron chi connectivity index (χ3n) is 2.67. The van der Waals surface area contributed by atoms with Crippen LogP contribution in [0.2, 0.25) is 0 Å². The first-order chi connectivity index (χ1) is 6.33. The van der Waals surface area contributed by atoms with Crippen LogP contribution < -0.4 is 10.1 Å². The number of ether oxygens (including phenoxy) is 1. The lowest BCUT2D eigenvalue weighted by atomic mass is 9.92. The van der Waals surface area contributed by atoms with Crippen LogP contribution in [0.5, 0.6) is 5.75 Å². The summed E-state index contributed by atoms with van der Waals surface area (Å²) in [4.78, 5) is 0. The Balaban J connectivity index is 2.48. The number of methoxy groups -OCH3 is 1. The molecule has 13 heavy (non-hydrogen) atoms. The fourth-order valence-electron chi connectivity index (χ4n) is 1.95. The average Bonchev–Trinajstić information content (AvgIpc) is 2.18. The minimum Gasteiger partial charge on any atom is -0.496 e. The highest BCUT2D eigenvalue weighted by Gasteiger charge is 2.18. The molecule has 1 atom stereocenters. The van der Waals surface area contributed by atoms with Gasteiger partial charge in [-0.2, -0.15) is 0 Å². The number of hydrogen-bond acceptors (Lipinski definition) is 2. The summed E-state index contributed by atoms with van der Waals surface area (Å²) in [6, 6.07) is 6.29. The van der Waals surface area contributed by atoms with Crippen molar-refractivity contribution in [2.75, 3.05) is 13.7 Å². The van der Waals surface area contributed by atoms with Gasteiger partial charge in [0.2, 0.25) is 0 Å². The van der Waals surface area contributed by atoms with Crippen LogP contribution in [0.3, 0.4) is 0 Å². The predicted molar refractivity (Wildman–Crippen MR) is 53.1 cm³/mol. The van der Waals surface area contributed by atoms with Crippen molar-refractivity contribution in [1.82, 2.24) is 5.32 Å². The topological polar surface area (TPSA) is 21.3 Å². The van der Waals surface area contributed by atoms with Gasteiger partial charge in [-0.05, 0) is 17.5 Å². The number of benzene rings is 1. The first kappa shape index (κ1) is 8.57. The molecule has 70 valence electrons. The number of fused-ring (bicyclic) bond motifs is 1. The molecule has 0 aliphatic carbocycles. The van der Waals surface area contributed by atoms with Crippen molar-refractivity contribution in [3.63, 3.8) is 0 Å². The Hall–Kier alpha value is -1.02. The van der Waals surface area contributed by atoms with Gasteiger partial charge >= 0.3 is 0 Å². The van der Waals surface area contributed by atoms with E-state index in [4.69, 9.17) is 4.74 Å². The van der Waals surface area contributed by atoms with Crippen LogP contribution in [0.15, 0.2) is 18.2 Å². The second-order valence-electron chi connectivity index (χ2n) is 3.56. The monoisotopic (exact) mass is 177 g/mol. The first-order valence-electron chi connectivity index (χ1n) is 4.69. The second-order valence-corrected chi connectivity index (χ2v) is 3.56. The highest BCUT2D eigenvalue weighted by molar-refractivity contribution is 5.43. The molecule has 0 spiro atoms. The second kappa shape index (κ2) is 3.38. The van der Waals surface area contributed by atoms with Gasteiger partial charge in [0.1, 0.15) is 5.75 Å². The molecule has 0 fully saturated rings. The van der Waals surface area contributed by atoms with Crippen molar-refractivity contribution in [2.24, 2.45) is 0 Å². The molecule has 2 nitrogen and oxygen atoms in total. The number of rotatable bonds is 1. The molecule has 1 aliphatic heterocycles. The quantitative estimate of drug-likeness (QED) is 0.707. The van der Waals surface area contributed by atoms with Gasteiger partial charge in [0.15, 0.2) is 0 Å². The van der Waals surface area contributed by atoms with Gasteiger partial charge in [0, 0.05) is 18.7 Å². The van der Waals surface area contributed by atoms with E-state index in [1.807, 2.05) is 6.07 Å². The molecular weight excluding hydrogens is 162 g/mol. The summed E-state index contributed by atoms with van der Waals surface area (Å²) in [7, 11) is 1.73. The van der Waals surface area contributed by atoms with Crippen LogP contribution in [0.25, 0.3) is 0 Å². The molecule has 2 rings (SSSR count). The minimum absolute atomic E-state index is 0.596. The fourth-order valence-corrected chi connectivity index (χ4v) is 1.95. The summed E-state index contributed by atoms with van der Waals surface area (Å²) in [5.74, 6) is 1.61. The van der Waals surface area contributed by atoms with Crippen molar-refractivity contribution in [1.29, 1.82) is 0 Å². The maximum absolute atomic E-state index is 5.32.